The second-order valence-corrected chi connectivity index (χ2v) is 9.41. The summed E-state index contributed by atoms with van der Waals surface area (Å²) in [6.07, 6.45) is 8.53. The SMILES string of the molecule is CC1(C)[C@@H]2CC[C@]1(C)/C(=N/NC(=O)c1cn(-c3ccccc3)nc1-c1cccnc1)C2. The molecule has 1 aromatic carbocycles. The van der Waals surface area contributed by atoms with Crippen LogP contribution in [0.4, 0.5) is 0 Å². The van der Waals surface area contributed by atoms with Gasteiger partial charge in [0.25, 0.3) is 5.91 Å². The number of para-hydroxylation sites is 1. The summed E-state index contributed by atoms with van der Waals surface area (Å²) in [7, 11) is 0. The number of benzene rings is 1. The molecule has 2 aromatic heterocycles. The smallest absolute Gasteiger partial charge is 0.267 e. The zero-order valence-corrected chi connectivity index (χ0v) is 18.2. The van der Waals surface area contributed by atoms with Gasteiger partial charge in [-0.05, 0) is 54.9 Å². The van der Waals surface area contributed by atoms with Crippen molar-refractivity contribution >= 4 is 11.6 Å². The predicted molar refractivity (Wildman–Crippen MR) is 121 cm³/mol. The van der Waals surface area contributed by atoms with Crippen molar-refractivity contribution in [1.82, 2.24) is 20.2 Å². The van der Waals surface area contributed by atoms with Crippen molar-refractivity contribution in [1.29, 1.82) is 0 Å². The van der Waals surface area contributed by atoms with Gasteiger partial charge in [0.2, 0.25) is 0 Å². The fourth-order valence-corrected chi connectivity index (χ4v) is 5.25. The van der Waals surface area contributed by atoms with E-state index >= 15 is 0 Å². The summed E-state index contributed by atoms with van der Waals surface area (Å²) in [6, 6.07) is 13.5. The molecule has 0 aliphatic heterocycles. The van der Waals surface area contributed by atoms with Crippen LogP contribution in [0.5, 0.6) is 0 Å². The van der Waals surface area contributed by atoms with E-state index in [0.29, 0.717) is 17.2 Å². The van der Waals surface area contributed by atoms with Crippen LogP contribution in [-0.4, -0.2) is 26.4 Å². The highest BCUT2D eigenvalue weighted by Crippen LogP contribution is 2.63. The standard InChI is InChI=1S/C25H27N5O/c1-24(2)18-11-12-25(24,3)21(14-18)27-28-23(31)20-16-30(19-9-5-4-6-10-19)29-22(20)17-8-7-13-26-15-17/h4-10,13,15-16,18H,11-12,14H2,1-3H3,(H,28,31)/b27-21+/t18-,25-/m1/s1. The van der Waals surface area contributed by atoms with E-state index in [9.17, 15) is 4.79 Å². The Morgan fingerprint density at radius 1 is 1.16 bits per heavy atom. The average molecular weight is 414 g/mol. The number of amides is 1. The van der Waals surface area contributed by atoms with Crippen LogP contribution in [0.15, 0.2) is 66.2 Å². The van der Waals surface area contributed by atoms with E-state index < -0.39 is 0 Å². The first kappa shape index (κ1) is 19.7. The van der Waals surface area contributed by atoms with Crippen LogP contribution in [0.25, 0.3) is 16.9 Å². The Morgan fingerprint density at radius 3 is 2.61 bits per heavy atom. The van der Waals surface area contributed by atoms with Crippen LogP contribution in [0.2, 0.25) is 0 Å². The first-order valence-electron chi connectivity index (χ1n) is 10.8. The Balaban J connectivity index is 1.48. The van der Waals surface area contributed by atoms with Gasteiger partial charge in [-0.3, -0.25) is 9.78 Å². The molecule has 0 spiro atoms. The molecule has 2 saturated carbocycles. The monoisotopic (exact) mass is 413 g/mol. The molecule has 3 aromatic rings. The molecule has 2 aliphatic rings. The van der Waals surface area contributed by atoms with Gasteiger partial charge in [-0.2, -0.15) is 10.2 Å². The number of nitrogens with zero attached hydrogens (tertiary/aromatic N) is 4. The molecule has 2 aliphatic carbocycles. The third-order valence-electron chi connectivity index (χ3n) is 7.72. The summed E-state index contributed by atoms with van der Waals surface area (Å²) >= 11 is 0. The third kappa shape index (κ3) is 3.09. The van der Waals surface area contributed by atoms with Gasteiger partial charge in [0, 0.05) is 35.3 Å². The number of aromatic nitrogens is 3. The summed E-state index contributed by atoms with van der Waals surface area (Å²) in [4.78, 5) is 17.4. The molecule has 1 N–H and O–H groups in total. The number of nitrogens with one attached hydrogen (secondary N) is 1. The molecule has 31 heavy (non-hydrogen) atoms. The molecule has 6 heteroatoms. The van der Waals surface area contributed by atoms with Crippen LogP contribution in [0, 0.1) is 16.7 Å². The lowest BCUT2D eigenvalue weighted by atomic mass is 9.70. The molecule has 1 amide bonds. The number of hydrazone groups is 1. The lowest BCUT2D eigenvalue weighted by molar-refractivity contribution is 0.0954. The van der Waals surface area contributed by atoms with E-state index in [2.05, 4.69) is 36.3 Å². The molecule has 2 heterocycles. The second-order valence-electron chi connectivity index (χ2n) is 9.41. The summed E-state index contributed by atoms with van der Waals surface area (Å²) in [5.41, 5.74) is 6.97. The first-order chi connectivity index (χ1) is 14.9. The van der Waals surface area contributed by atoms with Crippen molar-refractivity contribution in [2.24, 2.45) is 21.8 Å². The quantitative estimate of drug-likeness (QED) is 0.621. The van der Waals surface area contributed by atoms with Crippen LogP contribution in [0.1, 0.15) is 50.4 Å². The summed E-state index contributed by atoms with van der Waals surface area (Å²) in [5.74, 6) is 0.387. The predicted octanol–water partition coefficient (Wildman–Crippen LogP) is 4.87. The largest absolute Gasteiger partial charge is 0.275 e. The summed E-state index contributed by atoms with van der Waals surface area (Å²) in [6.45, 7) is 6.96. The van der Waals surface area contributed by atoms with Crippen molar-refractivity contribution < 1.29 is 4.79 Å². The van der Waals surface area contributed by atoms with E-state index in [1.165, 1.54) is 6.42 Å². The van der Waals surface area contributed by atoms with E-state index in [0.717, 1.165) is 29.8 Å². The second kappa shape index (κ2) is 7.15. The minimum atomic E-state index is -0.252. The van der Waals surface area contributed by atoms with E-state index in [1.807, 2.05) is 42.5 Å². The van der Waals surface area contributed by atoms with Crippen molar-refractivity contribution in [2.45, 2.75) is 40.0 Å². The number of hydrogen-bond donors (Lipinski definition) is 1. The maximum absolute atomic E-state index is 13.2. The van der Waals surface area contributed by atoms with Gasteiger partial charge in [0.15, 0.2) is 0 Å². The van der Waals surface area contributed by atoms with Gasteiger partial charge in [-0.15, -0.1) is 0 Å². The highest BCUT2D eigenvalue weighted by atomic mass is 16.2. The van der Waals surface area contributed by atoms with Gasteiger partial charge < -0.3 is 0 Å². The molecule has 2 fully saturated rings. The molecule has 158 valence electrons. The molecule has 2 bridgehead atoms. The molecular formula is C25H27N5O. The molecule has 0 radical (unpaired) electrons. The Morgan fingerprint density at radius 2 is 1.97 bits per heavy atom. The van der Waals surface area contributed by atoms with Crippen molar-refractivity contribution in [3.63, 3.8) is 0 Å². The Kier molecular flexibility index (Phi) is 4.54. The van der Waals surface area contributed by atoms with Crippen LogP contribution < -0.4 is 5.43 Å². The number of hydrogen-bond acceptors (Lipinski definition) is 4. The minimum Gasteiger partial charge on any atom is -0.267 e. The first-order valence-corrected chi connectivity index (χ1v) is 10.8. The van der Waals surface area contributed by atoms with Crippen molar-refractivity contribution in [2.75, 3.05) is 0 Å². The Hall–Kier alpha value is -3.28. The molecular weight excluding hydrogens is 386 g/mol. The summed E-state index contributed by atoms with van der Waals surface area (Å²) < 4.78 is 1.73. The zero-order chi connectivity index (χ0) is 21.6. The van der Waals surface area contributed by atoms with E-state index in [-0.39, 0.29) is 16.7 Å². The maximum Gasteiger partial charge on any atom is 0.275 e. The van der Waals surface area contributed by atoms with Crippen LogP contribution in [0.3, 0.4) is 0 Å². The fraction of sp³-hybridized carbons (Fsp3) is 0.360. The van der Waals surface area contributed by atoms with Gasteiger partial charge in [0.05, 0.1) is 11.3 Å². The maximum atomic E-state index is 13.2. The Labute approximate surface area is 182 Å². The molecule has 5 rings (SSSR count). The van der Waals surface area contributed by atoms with Crippen molar-refractivity contribution in [3.8, 4) is 16.9 Å². The number of carbonyl (C=O) groups is 1. The van der Waals surface area contributed by atoms with Crippen LogP contribution in [-0.2, 0) is 0 Å². The fourth-order valence-electron chi connectivity index (χ4n) is 5.25. The van der Waals surface area contributed by atoms with Crippen LogP contribution >= 0.6 is 0 Å². The van der Waals surface area contributed by atoms with Gasteiger partial charge in [0.1, 0.15) is 5.69 Å². The number of fused-ring (bicyclic) bond motifs is 2. The number of pyridine rings is 1. The zero-order valence-electron chi connectivity index (χ0n) is 18.2. The molecule has 0 unspecified atom stereocenters. The van der Waals surface area contributed by atoms with E-state index in [4.69, 9.17) is 5.10 Å². The topological polar surface area (TPSA) is 72.2 Å². The number of rotatable bonds is 4. The van der Waals surface area contributed by atoms with Gasteiger partial charge in [-0.1, -0.05) is 39.0 Å². The average Bonchev–Trinajstić information content (AvgIpc) is 3.39. The molecule has 0 saturated heterocycles. The normalized spacial score (nSPS) is 25.1. The number of carbonyl (C=O) groups excluding carboxylic acids is 1. The van der Waals surface area contributed by atoms with Crippen molar-refractivity contribution in [3.05, 3.63) is 66.6 Å². The molecule has 2 atom stereocenters. The molecule has 6 nitrogen and oxygen atoms in total. The lowest BCUT2D eigenvalue weighted by Gasteiger charge is -2.34. The highest BCUT2D eigenvalue weighted by molar-refractivity contribution is 6.01. The minimum absolute atomic E-state index is 0.0470. The Bertz CT molecular complexity index is 1150. The highest BCUT2D eigenvalue weighted by Gasteiger charge is 2.60. The van der Waals surface area contributed by atoms with Gasteiger partial charge >= 0.3 is 0 Å². The lowest BCUT2D eigenvalue weighted by Crippen LogP contribution is -2.34. The van der Waals surface area contributed by atoms with E-state index in [1.54, 1.807) is 23.3 Å². The summed E-state index contributed by atoms with van der Waals surface area (Å²) in [5, 5.41) is 9.32. The van der Waals surface area contributed by atoms with Gasteiger partial charge in [-0.25, -0.2) is 10.1 Å². The third-order valence-corrected chi connectivity index (χ3v) is 7.72.